The van der Waals surface area contributed by atoms with Crippen LogP contribution in [0.15, 0.2) is 130 Å². The summed E-state index contributed by atoms with van der Waals surface area (Å²) in [5, 5.41) is 0.912. The molecular formula is C26H19NO2S2. The highest BCUT2D eigenvalue weighted by molar-refractivity contribution is 7.99. The van der Waals surface area contributed by atoms with E-state index in [0.717, 1.165) is 26.3 Å². The monoisotopic (exact) mass is 441 g/mol. The predicted molar refractivity (Wildman–Crippen MR) is 127 cm³/mol. The van der Waals surface area contributed by atoms with Crippen LogP contribution in [-0.2, 0) is 10.0 Å². The van der Waals surface area contributed by atoms with Gasteiger partial charge in [0.05, 0.1) is 10.4 Å². The third kappa shape index (κ3) is 3.67. The van der Waals surface area contributed by atoms with E-state index in [9.17, 15) is 8.42 Å². The molecule has 31 heavy (non-hydrogen) atoms. The van der Waals surface area contributed by atoms with Gasteiger partial charge in [-0.25, -0.2) is 12.4 Å². The number of para-hydroxylation sites is 1. The highest BCUT2D eigenvalue weighted by Gasteiger charge is 2.21. The second-order valence-electron chi connectivity index (χ2n) is 7.09. The molecule has 0 spiro atoms. The minimum atomic E-state index is -3.70. The molecule has 0 unspecified atom stereocenters. The van der Waals surface area contributed by atoms with Gasteiger partial charge in [-0.2, -0.15) is 0 Å². The molecule has 0 bridgehead atoms. The van der Waals surface area contributed by atoms with E-state index in [1.165, 1.54) is 3.97 Å². The standard InChI is InChI=1S/C26H19NO2S2/c28-31(29,21-13-5-2-6-14-21)27-19-26(23-16-7-9-17-24(23)27)30-25-18-10-8-15-22(25)20-11-3-1-4-12-20/h1-19H. The molecule has 0 N–H and O–H groups in total. The summed E-state index contributed by atoms with van der Waals surface area (Å²) in [6.07, 6.45) is 1.74. The molecule has 0 radical (unpaired) electrons. The van der Waals surface area contributed by atoms with Crippen LogP contribution in [-0.4, -0.2) is 12.4 Å². The minimum Gasteiger partial charge on any atom is -0.240 e. The molecule has 0 fully saturated rings. The molecule has 5 heteroatoms. The molecule has 0 atom stereocenters. The number of nitrogens with zero attached hydrogens (tertiary/aromatic N) is 1. The molecule has 0 aliphatic heterocycles. The summed E-state index contributed by atoms with van der Waals surface area (Å²) in [5.74, 6) is 0. The Hall–Kier alpha value is -3.28. The van der Waals surface area contributed by atoms with Crippen molar-refractivity contribution in [3.05, 3.63) is 115 Å². The van der Waals surface area contributed by atoms with Gasteiger partial charge in [-0.3, -0.25) is 0 Å². The lowest BCUT2D eigenvalue weighted by atomic mass is 10.1. The first-order valence-corrected chi connectivity index (χ1v) is 12.1. The molecule has 5 aromatic rings. The van der Waals surface area contributed by atoms with Crippen LogP contribution >= 0.6 is 11.8 Å². The Morgan fingerprint density at radius 1 is 0.613 bits per heavy atom. The molecule has 1 aromatic heterocycles. The zero-order valence-corrected chi connectivity index (χ0v) is 18.2. The number of hydrogen-bond donors (Lipinski definition) is 0. The quantitative estimate of drug-likeness (QED) is 0.305. The van der Waals surface area contributed by atoms with E-state index in [2.05, 4.69) is 24.3 Å². The van der Waals surface area contributed by atoms with Crippen LogP contribution in [0.25, 0.3) is 22.0 Å². The largest absolute Gasteiger partial charge is 0.268 e. The third-order valence-corrected chi connectivity index (χ3v) is 7.94. The van der Waals surface area contributed by atoms with Crippen molar-refractivity contribution in [1.29, 1.82) is 0 Å². The van der Waals surface area contributed by atoms with Crippen LogP contribution in [0, 0.1) is 0 Å². The van der Waals surface area contributed by atoms with Crippen molar-refractivity contribution < 1.29 is 8.42 Å². The molecule has 3 nitrogen and oxygen atoms in total. The van der Waals surface area contributed by atoms with Crippen molar-refractivity contribution in [2.24, 2.45) is 0 Å². The zero-order valence-electron chi connectivity index (χ0n) is 16.5. The molecule has 5 rings (SSSR count). The average molecular weight is 442 g/mol. The molecule has 0 saturated heterocycles. The van der Waals surface area contributed by atoms with E-state index in [1.54, 1.807) is 42.2 Å². The van der Waals surface area contributed by atoms with Crippen LogP contribution in [0.2, 0.25) is 0 Å². The number of rotatable bonds is 5. The van der Waals surface area contributed by atoms with Crippen molar-refractivity contribution in [2.75, 3.05) is 0 Å². The van der Waals surface area contributed by atoms with Crippen LogP contribution in [0.3, 0.4) is 0 Å². The lowest BCUT2D eigenvalue weighted by molar-refractivity contribution is 0.589. The fourth-order valence-corrected chi connectivity index (χ4v) is 6.21. The van der Waals surface area contributed by atoms with E-state index in [-0.39, 0.29) is 4.90 Å². The van der Waals surface area contributed by atoms with Gasteiger partial charge < -0.3 is 0 Å². The molecule has 0 amide bonds. The first-order chi connectivity index (χ1) is 15.1. The average Bonchev–Trinajstić information content (AvgIpc) is 3.20. The topological polar surface area (TPSA) is 39.1 Å². The van der Waals surface area contributed by atoms with Crippen LogP contribution in [0.4, 0.5) is 0 Å². The highest BCUT2D eigenvalue weighted by Crippen LogP contribution is 2.40. The number of benzene rings is 4. The van der Waals surface area contributed by atoms with E-state index < -0.39 is 10.0 Å². The van der Waals surface area contributed by atoms with E-state index in [1.807, 2.05) is 60.7 Å². The Morgan fingerprint density at radius 2 is 1.23 bits per heavy atom. The Kier molecular flexibility index (Phi) is 5.14. The lowest BCUT2D eigenvalue weighted by Gasteiger charge is -2.09. The summed E-state index contributed by atoms with van der Waals surface area (Å²) in [5.41, 5.74) is 2.92. The van der Waals surface area contributed by atoms with Crippen molar-refractivity contribution in [3.8, 4) is 11.1 Å². The van der Waals surface area contributed by atoms with Crippen LogP contribution in [0.5, 0.6) is 0 Å². The fraction of sp³-hybridized carbons (Fsp3) is 0. The number of fused-ring (bicyclic) bond motifs is 1. The molecule has 4 aromatic carbocycles. The maximum absolute atomic E-state index is 13.4. The van der Waals surface area contributed by atoms with Gasteiger partial charge in [-0.15, -0.1) is 0 Å². The Balaban J connectivity index is 1.64. The van der Waals surface area contributed by atoms with Gasteiger partial charge in [0.2, 0.25) is 0 Å². The maximum atomic E-state index is 13.4. The van der Waals surface area contributed by atoms with Gasteiger partial charge >= 0.3 is 0 Å². The number of aromatic nitrogens is 1. The summed E-state index contributed by atoms with van der Waals surface area (Å²) in [4.78, 5) is 2.25. The second-order valence-corrected chi connectivity index (χ2v) is 9.99. The third-order valence-electron chi connectivity index (χ3n) is 5.13. The van der Waals surface area contributed by atoms with Crippen LogP contribution in [0.1, 0.15) is 0 Å². The second kappa shape index (κ2) is 8.10. The highest BCUT2D eigenvalue weighted by atomic mass is 32.2. The predicted octanol–water partition coefficient (Wildman–Crippen LogP) is 6.70. The Labute approximate surface area is 186 Å². The van der Waals surface area contributed by atoms with Gasteiger partial charge in [0, 0.05) is 21.4 Å². The Morgan fingerprint density at radius 3 is 2.00 bits per heavy atom. The molecular weight excluding hydrogens is 422 g/mol. The van der Waals surface area contributed by atoms with Crippen molar-refractivity contribution >= 4 is 32.7 Å². The fourth-order valence-electron chi connectivity index (χ4n) is 3.64. The summed E-state index contributed by atoms with van der Waals surface area (Å²) < 4.78 is 28.1. The molecule has 0 aliphatic carbocycles. The molecule has 152 valence electrons. The normalized spacial score (nSPS) is 11.6. The molecule has 0 aliphatic rings. The Bertz CT molecular complexity index is 1460. The first-order valence-electron chi connectivity index (χ1n) is 9.87. The molecule has 0 saturated carbocycles. The van der Waals surface area contributed by atoms with E-state index >= 15 is 0 Å². The summed E-state index contributed by atoms with van der Waals surface area (Å²) in [6.45, 7) is 0. The minimum absolute atomic E-state index is 0.275. The van der Waals surface area contributed by atoms with Gasteiger partial charge in [0.1, 0.15) is 0 Å². The van der Waals surface area contributed by atoms with Gasteiger partial charge in [0.25, 0.3) is 10.0 Å². The summed E-state index contributed by atoms with van der Waals surface area (Å²) in [6, 6.07) is 34.6. The van der Waals surface area contributed by atoms with Crippen molar-refractivity contribution in [1.82, 2.24) is 3.97 Å². The number of hydrogen-bond acceptors (Lipinski definition) is 3. The zero-order chi connectivity index (χ0) is 21.3. The van der Waals surface area contributed by atoms with Crippen molar-refractivity contribution in [2.45, 2.75) is 14.7 Å². The van der Waals surface area contributed by atoms with Crippen LogP contribution < -0.4 is 0 Å². The van der Waals surface area contributed by atoms with Gasteiger partial charge in [0.15, 0.2) is 0 Å². The maximum Gasteiger partial charge on any atom is 0.268 e. The van der Waals surface area contributed by atoms with Gasteiger partial charge in [-0.1, -0.05) is 96.7 Å². The lowest BCUT2D eigenvalue weighted by Crippen LogP contribution is -2.11. The summed E-state index contributed by atoms with van der Waals surface area (Å²) in [7, 11) is -3.70. The smallest absolute Gasteiger partial charge is 0.240 e. The van der Waals surface area contributed by atoms with E-state index in [0.29, 0.717) is 5.52 Å². The SMILES string of the molecule is O=S(=O)(c1ccccc1)n1cc(Sc2ccccc2-c2ccccc2)c2ccccc21. The van der Waals surface area contributed by atoms with Gasteiger partial charge in [-0.05, 0) is 35.4 Å². The van der Waals surface area contributed by atoms with Crippen molar-refractivity contribution in [3.63, 3.8) is 0 Å². The van der Waals surface area contributed by atoms with E-state index in [4.69, 9.17) is 0 Å². The molecule has 1 heterocycles. The summed E-state index contributed by atoms with van der Waals surface area (Å²) >= 11 is 1.59. The first kappa shape index (κ1) is 19.7.